The number of pyridine rings is 2. The van der Waals surface area contributed by atoms with Gasteiger partial charge in [0.1, 0.15) is 22.9 Å². The summed E-state index contributed by atoms with van der Waals surface area (Å²) < 4.78 is 1.91. The van der Waals surface area contributed by atoms with Gasteiger partial charge >= 0.3 is 0 Å². The summed E-state index contributed by atoms with van der Waals surface area (Å²) in [5.41, 5.74) is 2.51. The molecule has 0 aliphatic carbocycles. The van der Waals surface area contributed by atoms with Crippen LogP contribution in [0.4, 0.5) is 11.5 Å². The number of carbonyl (C=O) groups excluding carboxylic acids is 2. The van der Waals surface area contributed by atoms with Crippen molar-refractivity contribution in [2.45, 2.75) is 72.4 Å². The van der Waals surface area contributed by atoms with E-state index in [1.54, 1.807) is 18.3 Å². The summed E-state index contributed by atoms with van der Waals surface area (Å²) in [6.45, 7) is 10.9. The van der Waals surface area contributed by atoms with Crippen LogP contribution in [-0.2, 0) is 0 Å². The van der Waals surface area contributed by atoms with Gasteiger partial charge in [0, 0.05) is 35.8 Å². The Kier molecular flexibility index (Phi) is 9.16. The van der Waals surface area contributed by atoms with Crippen LogP contribution in [-0.4, -0.2) is 45.2 Å². The van der Waals surface area contributed by atoms with Crippen molar-refractivity contribution < 1.29 is 9.59 Å². The number of anilines is 2. The maximum Gasteiger partial charge on any atom is 0.274 e. The molecule has 4 N–H and O–H groups in total. The quantitative estimate of drug-likeness (QED) is 0.314. The van der Waals surface area contributed by atoms with Crippen LogP contribution in [0.15, 0.2) is 30.5 Å². The minimum absolute atomic E-state index is 0.0799. The predicted octanol–water partition coefficient (Wildman–Crippen LogP) is 5.39. The summed E-state index contributed by atoms with van der Waals surface area (Å²) in [5.74, 6) is 0.131. The van der Waals surface area contributed by atoms with Gasteiger partial charge in [-0.1, -0.05) is 34.1 Å². The molecule has 4 heterocycles. The van der Waals surface area contributed by atoms with Gasteiger partial charge in [-0.25, -0.2) is 9.97 Å². The number of hydrogen-bond acceptors (Lipinski definition) is 6. The third kappa shape index (κ3) is 5.72. The minimum Gasteiger partial charge on any atom is -0.367 e. The van der Waals surface area contributed by atoms with E-state index in [2.05, 4.69) is 39.8 Å². The van der Waals surface area contributed by atoms with Gasteiger partial charge in [-0.2, -0.15) is 0 Å². The van der Waals surface area contributed by atoms with E-state index in [1.807, 2.05) is 37.5 Å². The van der Waals surface area contributed by atoms with Crippen LogP contribution in [0.2, 0.25) is 0 Å². The van der Waals surface area contributed by atoms with Crippen LogP contribution in [0, 0.1) is 5.41 Å². The van der Waals surface area contributed by atoms with E-state index in [-0.39, 0.29) is 29.6 Å². The zero-order valence-corrected chi connectivity index (χ0v) is 21.8. The first-order valence-electron chi connectivity index (χ1n) is 12.8. The predicted molar refractivity (Wildman–Crippen MR) is 145 cm³/mol. The Morgan fingerprint density at radius 1 is 1.31 bits per heavy atom. The summed E-state index contributed by atoms with van der Waals surface area (Å²) >= 11 is 0. The van der Waals surface area contributed by atoms with Gasteiger partial charge in [0.15, 0.2) is 0 Å². The maximum absolute atomic E-state index is 13.0. The van der Waals surface area contributed by atoms with Gasteiger partial charge in [-0.05, 0) is 50.5 Å². The second-order valence-electron chi connectivity index (χ2n) is 8.70. The highest BCUT2D eigenvalue weighted by Gasteiger charge is 2.24. The fourth-order valence-electron chi connectivity index (χ4n) is 4.35. The summed E-state index contributed by atoms with van der Waals surface area (Å²) in [5, 5.41) is 17.7. The summed E-state index contributed by atoms with van der Waals surface area (Å²) in [6, 6.07) is 7.37. The fraction of sp³-hybridized carbons (Fsp3) is 0.444. The van der Waals surface area contributed by atoms with Gasteiger partial charge in [0.25, 0.3) is 11.8 Å². The molecule has 192 valence electrons. The number of nitrogens with zero attached hydrogens (tertiary/aromatic N) is 3. The molecular weight excluding hydrogens is 454 g/mol. The summed E-state index contributed by atoms with van der Waals surface area (Å²) in [7, 11) is 0. The molecule has 0 radical (unpaired) electrons. The van der Waals surface area contributed by atoms with Crippen LogP contribution >= 0.6 is 0 Å². The Balaban J connectivity index is 0.00000176. The van der Waals surface area contributed by atoms with Crippen molar-refractivity contribution in [1.82, 2.24) is 19.9 Å². The normalized spacial score (nSPS) is 15.6. The molecule has 0 fully saturated rings. The molecule has 0 aromatic carbocycles. The monoisotopic (exact) mass is 491 g/mol. The number of hydrogen-bond donors (Lipinski definition) is 4. The minimum atomic E-state index is -0.376. The van der Waals surface area contributed by atoms with Crippen molar-refractivity contribution in [3.05, 3.63) is 47.4 Å². The number of carbonyl (C=O) groups is 2. The molecule has 4 rings (SSSR count). The molecule has 36 heavy (non-hydrogen) atoms. The van der Waals surface area contributed by atoms with Gasteiger partial charge in [0.2, 0.25) is 0 Å². The Hall–Kier alpha value is -3.75. The van der Waals surface area contributed by atoms with Gasteiger partial charge in [0.05, 0.1) is 11.9 Å². The molecular formula is C27H37N7O2. The maximum atomic E-state index is 13.0. The van der Waals surface area contributed by atoms with Crippen LogP contribution in [0.1, 0.15) is 92.9 Å². The molecule has 1 aliphatic heterocycles. The highest BCUT2D eigenvalue weighted by atomic mass is 16.2. The first-order valence-corrected chi connectivity index (χ1v) is 12.8. The second kappa shape index (κ2) is 12.3. The van der Waals surface area contributed by atoms with Gasteiger partial charge in [-0.15, -0.1) is 0 Å². The molecule has 1 aliphatic rings. The first-order chi connectivity index (χ1) is 17.4. The third-order valence-electron chi connectivity index (χ3n) is 6.24. The molecule has 0 saturated heterocycles. The molecule has 2 atom stereocenters. The molecule has 9 heteroatoms. The molecule has 2 amide bonds. The third-order valence-corrected chi connectivity index (χ3v) is 6.24. The fourth-order valence-corrected chi connectivity index (χ4v) is 4.35. The van der Waals surface area contributed by atoms with Crippen molar-refractivity contribution in [2.75, 3.05) is 17.2 Å². The lowest BCUT2D eigenvalue weighted by Gasteiger charge is -2.18. The largest absolute Gasteiger partial charge is 0.367 e. The van der Waals surface area contributed by atoms with E-state index >= 15 is 0 Å². The number of nitrogens with one attached hydrogen (secondary N) is 4. The van der Waals surface area contributed by atoms with Gasteiger partial charge < -0.3 is 25.9 Å². The molecule has 9 nitrogen and oxygen atoms in total. The molecule has 2 unspecified atom stereocenters. The molecule has 0 spiro atoms. The molecule has 0 bridgehead atoms. The van der Waals surface area contributed by atoms with E-state index in [4.69, 9.17) is 5.41 Å². The topological polar surface area (TPSA) is 125 Å². The first kappa shape index (κ1) is 26.8. The molecule has 3 aromatic heterocycles. The van der Waals surface area contributed by atoms with E-state index in [0.717, 1.165) is 31.1 Å². The number of amides is 2. The highest BCUT2D eigenvalue weighted by molar-refractivity contribution is 6.05. The van der Waals surface area contributed by atoms with Crippen molar-refractivity contribution in [3.8, 4) is 0 Å². The van der Waals surface area contributed by atoms with E-state index in [9.17, 15) is 9.59 Å². The molecule has 0 saturated carbocycles. The lowest BCUT2D eigenvalue weighted by atomic mass is 10.1. The van der Waals surface area contributed by atoms with Crippen LogP contribution in [0.25, 0.3) is 11.0 Å². The molecule has 3 aromatic rings. The van der Waals surface area contributed by atoms with Crippen LogP contribution in [0.5, 0.6) is 0 Å². The zero-order valence-electron chi connectivity index (χ0n) is 21.8. The summed E-state index contributed by atoms with van der Waals surface area (Å²) in [6.07, 6.45) is 6.65. The van der Waals surface area contributed by atoms with Crippen molar-refractivity contribution >= 4 is 40.6 Å². The van der Waals surface area contributed by atoms with E-state index in [0.29, 0.717) is 35.0 Å². The Bertz CT molecular complexity index is 1230. The summed E-state index contributed by atoms with van der Waals surface area (Å²) in [4.78, 5) is 34.5. The Morgan fingerprint density at radius 2 is 2.08 bits per heavy atom. The number of rotatable bonds is 8. The average molecular weight is 492 g/mol. The average Bonchev–Trinajstić information content (AvgIpc) is 3.22. The lowest BCUT2D eigenvalue weighted by Crippen LogP contribution is -2.22. The zero-order chi connectivity index (χ0) is 26.2. The highest BCUT2D eigenvalue weighted by Crippen LogP contribution is 2.27. The Morgan fingerprint density at radius 3 is 2.78 bits per heavy atom. The lowest BCUT2D eigenvalue weighted by molar-refractivity contribution is 0.0950. The van der Waals surface area contributed by atoms with Crippen molar-refractivity contribution in [3.63, 3.8) is 0 Å². The standard InChI is InChI=1S/C25H31N7O2.C2H6/c1-4-6-18(5-2)29-22-17(13-26)11-19(14-28-22)30-24(33)20-8-7-16-12-21-25(34)27-10-9-15(3)32(21)23(16)31-20;1-2/h7-8,11-15,18,26H,4-6,9-10H2,1-3H3,(H,27,34)(H,28,29)(H,30,33);1-2H3. The van der Waals surface area contributed by atoms with E-state index < -0.39 is 0 Å². The number of fused-ring (bicyclic) bond motifs is 3. The smallest absolute Gasteiger partial charge is 0.274 e. The Labute approximate surface area is 212 Å². The van der Waals surface area contributed by atoms with Crippen LogP contribution < -0.4 is 16.0 Å². The van der Waals surface area contributed by atoms with Gasteiger partial charge in [-0.3, -0.25) is 9.59 Å². The van der Waals surface area contributed by atoms with Crippen LogP contribution in [0.3, 0.4) is 0 Å². The second-order valence-corrected chi connectivity index (χ2v) is 8.70. The number of aromatic nitrogens is 3. The van der Waals surface area contributed by atoms with E-state index in [1.165, 1.54) is 6.21 Å². The SMILES string of the molecule is CC.CCCC(CC)Nc1ncc(NC(=O)c2ccc3cc4n(c3n2)C(C)CCNC4=O)cc1C=N. The van der Waals surface area contributed by atoms with Crippen molar-refractivity contribution in [1.29, 1.82) is 5.41 Å². The van der Waals surface area contributed by atoms with Crippen molar-refractivity contribution in [2.24, 2.45) is 0 Å².